The maximum absolute atomic E-state index is 5.45. The van der Waals surface area contributed by atoms with Gasteiger partial charge in [-0.15, -0.1) is 11.3 Å². The number of hydrogen-bond acceptors (Lipinski definition) is 5. The van der Waals surface area contributed by atoms with Crippen molar-refractivity contribution >= 4 is 27.4 Å². The Kier molecular flexibility index (Phi) is 2.71. The van der Waals surface area contributed by atoms with Crippen LogP contribution in [-0.4, -0.2) is 29.2 Å². The van der Waals surface area contributed by atoms with Crippen LogP contribution in [0.5, 0.6) is 0 Å². The molecule has 84 valence electrons. The molecule has 0 saturated carbocycles. The van der Waals surface area contributed by atoms with Gasteiger partial charge in [0.05, 0.1) is 22.9 Å². The average molecular weight is 235 g/mol. The summed E-state index contributed by atoms with van der Waals surface area (Å²) < 4.78 is 6.58. The fourth-order valence-corrected chi connectivity index (χ4v) is 2.74. The van der Waals surface area contributed by atoms with Crippen molar-refractivity contribution in [2.45, 2.75) is 18.9 Å². The summed E-state index contributed by atoms with van der Waals surface area (Å²) in [4.78, 5) is 8.53. The molecule has 0 radical (unpaired) electrons. The fourth-order valence-electron chi connectivity index (χ4n) is 1.94. The highest BCUT2D eigenvalue weighted by Crippen LogP contribution is 2.26. The summed E-state index contributed by atoms with van der Waals surface area (Å²) in [5, 5.41) is 5.49. The van der Waals surface area contributed by atoms with E-state index in [9.17, 15) is 0 Å². The summed E-state index contributed by atoms with van der Waals surface area (Å²) in [6.07, 6.45) is 3.88. The van der Waals surface area contributed by atoms with Crippen LogP contribution >= 0.6 is 11.3 Å². The van der Waals surface area contributed by atoms with E-state index in [1.807, 2.05) is 11.4 Å². The molecule has 2 aromatic rings. The molecule has 0 aromatic carbocycles. The predicted octanol–water partition coefficient (Wildman–Crippen LogP) is 2.28. The Balaban J connectivity index is 1.85. The maximum Gasteiger partial charge on any atom is 0.147 e. The minimum atomic E-state index is 0.383. The van der Waals surface area contributed by atoms with Crippen molar-refractivity contribution in [1.82, 2.24) is 9.97 Å². The molecule has 0 bridgehead atoms. The molecule has 1 saturated heterocycles. The zero-order valence-electron chi connectivity index (χ0n) is 8.85. The van der Waals surface area contributed by atoms with Gasteiger partial charge in [0.2, 0.25) is 0 Å². The third-order valence-electron chi connectivity index (χ3n) is 2.74. The van der Waals surface area contributed by atoms with Gasteiger partial charge < -0.3 is 10.1 Å². The molecule has 0 aliphatic carbocycles. The number of rotatable bonds is 2. The van der Waals surface area contributed by atoms with Gasteiger partial charge in [-0.05, 0) is 24.3 Å². The van der Waals surface area contributed by atoms with Crippen LogP contribution in [0.3, 0.4) is 0 Å². The first-order valence-electron chi connectivity index (χ1n) is 5.46. The van der Waals surface area contributed by atoms with Crippen LogP contribution in [0.25, 0.3) is 10.2 Å². The number of ether oxygens (including phenoxy) is 1. The predicted molar refractivity (Wildman–Crippen MR) is 64.9 cm³/mol. The van der Waals surface area contributed by atoms with Gasteiger partial charge in [0.25, 0.3) is 0 Å². The smallest absolute Gasteiger partial charge is 0.147 e. The van der Waals surface area contributed by atoms with Crippen LogP contribution in [0.15, 0.2) is 17.8 Å². The molecule has 4 nitrogen and oxygen atoms in total. The Bertz CT molecular complexity index is 479. The molecule has 0 amide bonds. The fraction of sp³-hybridized carbons (Fsp3) is 0.455. The summed E-state index contributed by atoms with van der Waals surface area (Å²) in [6.45, 7) is 1.66. The Hall–Kier alpha value is -1.20. The number of hydrogen-bond donors (Lipinski definition) is 1. The second-order valence-corrected chi connectivity index (χ2v) is 4.83. The minimum Gasteiger partial charge on any atom is -0.379 e. The standard InChI is InChI=1S/C11H13N3OS/c1-2-8(6-15-4-1)14-11-10-9(3-5-16-10)12-7-13-11/h3,5,7-8H,1-2,4,6H2,(H,12,13,14). The van der Waals surface area contributed by atoms with E-state index in [1.165, 1.54) is 0 Å². The van der Waals surface area contributed by atoms with Gasteiger partial charge in [-0.1, -0.05) is 0 Å². The van der Waals surface area contributed by atoms with Crippen LogP contribution in [0.4, 0.5) is 5.82 Å². The van der Waals surface area contributed by atoms with Crippen molar-refractivity contribution in [1.29, 1.82) is 0 Å². The summed E-state index contributed by atoms with van der Waals surface area (Å²) in [5.74, 6) is 0.940. The molecule has 0 spiro atoms. The van der Waals surface area contributed by atoms with E-state index in [0.29, 0.717) is 6.04 Å². The molecule has 1 N–H and O–H groups in total. The molecule has 1 aliphatic heterocycles. The van der Waals surface area contributed by atoms with Crippen molar-refractivity contribution in [3.8, 4) is 0 Å². The third-order valence-corrected chi connectivity index (χ3v) is 3.65. The van der Waals surface area contributed by atoms with Gasteiger partial charge in [0.15, 0.2) is 0 Å². The van der Waals surface area contributed by atoms with E-state index in [0.717, 1.165) is 42.1 Å². The van der Waals surface area contributed by atoms with Crippen LogP contribution in [0.1, 0.15) is 12.8 Å². The van der Waals surface area contributed by atoms with Gasteiger partial charge in [-0.3, -0.25) is 0 Å². The second-order valence-electron chi connectivity index (χ2n) is 3.92. The van der Waals surface area contributed by atoms with E-state index in [-0.39, 0.29) is 0 Å². The van der Waals surface area contributed by atoms with Gasteiger partial charge >= 0.3 is 0 Å². The molecule has 3 rings (SSSR count). The first-order chi connectivity index (χ1) is 7.93. The van der Waals surface area contributed by atoms with E-state index in [1.54, 1.807) is 17.7 Å². The summed E-state index contributed by atoms with van der Waals surface area (Å²) in [6, 6.07) is 2.40. The monoisotopic (exact) mass is 235 g/mol. The van der Waals surface area contributed by atoms with E-state index >= 15 is 0 Å². The molecule has 3 heterocycles. The highest BCUT2D eigenvalue weighted by Gasteiger charge is 2.15. The molecule has 16 heavy (non-hydrogen) atoms. The molecular weight excluding hydrogens is 222 g/mol. The lowest BCUT2D eigenvalue weighted by Gasteiger charge is -2.23. The highest BCUT2D eigenvalue weighted by atomic mass is 32.1. The van der Waals surface area contributed by atoms with Crippen LogP contribution < -0.4 is 5.32 Å². The summed E-state index contributed by atoms with van der Waals surface area (Å²) >= 11 is 1.67. The largest absolute Gasteiger partial charge is 0.379 e. The molecule has 5 heteroatoms. The van der Waals surface area contributed by atoms with Crippen molar-refractivity contribution in [3.05, 3.63) is 17.8 Å². The Morgan fingerprint density at radius 3 is 3.31 bits per heavy atom. The second kappa shape index (κ2) is 4.35. The molecule has 1 aliphatic rings. The number of aromatic nitrogens is 2. The number of nitrogens with one attached hydrogen (secondary N) is 1. The quantitative estimate of drug-likeness (QED) is 0.867. The van der Waals surface area contributed by atoms with Crippen molar-refractivity contribution in [2.75, 3.05) is 18.5 Å². The highest BCUT2D eigenvalue weighted by molar-refractivity contribution is 7.17. The number of thiophene rings is 1. The Morgan fingerprint density at radius 2 is 2.44 bits per heavy atom. The van der Waals surface area contributed by atoms with Crippen molar-refractivity contribution in [3.63, 3.8) is 0 Å². The van der Waals surface area contributed by atoms with E-state index in [2.05, 4.69) is 15.3 Å². The normalized spacial score (nSPS) is 21.1. The Labute approximate surface area is 97.7 Å². The lowest BCUT2D eigenvalue weighted by Crippen LogP contribution is -2.30. The molecule has 2 aromatic heterocycles. The number of fused-ring (bicyclic) bond motifs is 1. The molecule has 1 unspecified atom stereocenters. The topological polar surface area (TPSA) is 47.0 Å². The van der Waals surface area contributed by atoms with E-state index in [4.69, 9.17) is 4.74 Å². The molecule has 1 atom stereocenters. The first kappa shape index (κ1) is 9.99. The van der Waals surface area contributed by atoms with Crippen LogP contribution in [0.2, 0.25) is 0 Å². The van der Waals surface area contributed by atoms with Gasteiger partial charge in [-0.25, -0.2) is 9.97 Å². The SMILES string of the molecule is c1nc(NC2CCCOC2)c2sccc2n1. The van der Waals surface area contributed by atoms with Crippen LogP contribution in [-0.2, 0) is 4.74 Å². The number of anilines is 1. The number of nitrogens with zero attached hydrogens (tertiary/aromatic N) is 2. The van der Waals surface area contributed by atoms with Crippen LogP contribution in [0, 0.1) is 0 Å². The lowest BCUT2D eigenvalue weighted by atomic mass is 10.1. The van der Waals surface area contributed by atoms with Crippen molar-refractivity contribution < 1.29 is 4.74 Å². The zero-order valence-corrected chi connectivity index (χ0v) is 9.67. The van der Waals surface area contributed by atoms with Gasteiger partial charge in [0, 0.05) is 6.61 Å². The van der Waals surface area contributed by atoms with Gasteiger partial charge in [0.1, 0.15) is 12.1 Å². The Morgan fingerprint density at radius 1 is 1.44 bits per heavy atom. The van der Waals surface area contributed by atoms with E-state index < -0.39 is 0 Å². The summed E-state index contributed by atoms with van der Waals surface area (Å²) in [7, 11) is 0. The van der Waals surface area contributed by atoms with Crippen molar-refractivity contribution in [2.24, 2.45) is 0 Å². The van der Waals surface area contributed by atoms with Gasteiger partial charge in [-0.2, -0.15) is 0 Å². The first-order valence-corrected chi connectivity index (χ1v) is 6.34. The summed E-state index contributed by atoms with van der Waals surface area (Å²) in [5.41, 5.74) is 1.01. The molecule has 1 fully saturated rings. The third kappa shape index (κ3) is 1.88. The lowest BCUT2D eigenvalue weighted by molar-refractivity contribution is 0.0875. The molecular formula is C11H13N3OS. The maximum atomic E-state index is 5.45. The minimum absolute atomic E-state index is 0.383. The average Bonchev–Trinajstić information content (AvgIpc) is 2.80. The zero-order chi connectivity index (χ0) is 10.8.